The lowest BCUT2D eigenvalue weighted by molar-refractivity contribution is 0.399. The van der Waals surface area contributed by atoms with Crippen LogP contribution in [0.3, 0.4) is 0 Å². The summed E-state index contributed by atoms with van der Waals surface area (Å²) in [5.41, 5.74) is 0.970. The fourth-order valence-corrected chi connectivity index (χ4v) is 1.67. The van der Waals surface area contributed by atoms with Gasteiger partial charge in [-0.3, -0.25) is 0 Å². The van der Waals surface area contributed by atoms with Crippen molar-refractivity contribution in [2.75, 3.05) is 45.7 Å². The van der Waals surface area contributed by atoms with Crippen molar-refractivity contribution in [3.8, 4) is 0 Å². The van der Waals surface area contributed by atoms with E-state index in [1.807, 2.05) is 7.05 Å². The van der Waals surface area contributed by atoms with Gasteiger partial charge >= 0.3 is 0 Å². The molecule has 0 aliphatic carbocycles. The molecular weight excluding hydrogens is 228 g/mol. The molecule has 1 rings (SSSR count). The third kappa shape index (κ3) is 5.51. The molecule has 0 aromatic carbocycles. The number of anilines is 1. The van der Waals surface area contributed by atoms with Crippen molar-refractivity contribution in [1.82, 2.24) is 15.2 Å². The summed E-state index contributed by atoms with van der Waals surface area (Å²) in [4.78, 5) is 8.71. The molecular formula is C13H26N4O. The number of rotatable bonds is 9. The molecule has 0 unspecified atom stereocenters. The van der Waals surface area contributed by atoms with Crippen LogP contribution in [0.5, 0.6) is 0 Å². The van der Waals surface area contributed by atoms with Crippen molar-refractivity contribution >= 4 is 6.01 Å². The van der Waals surface area contributed by atoms with Crippen LogP contribution in [0.2, 0.25) is 0 Å². The molecule has 0 saturated carbocycles. The van der Waals surface area contributed by atoms with Gasteiger partial charge in [0.25, 0.3) is 6.01 Å². The molecule has 0 fully saturated rings. The van der Waals surface area contributed by atoms with Crippen LogP contribution < -0.4 is 10.2 Å². The van der Waals surface area contributed by atoms with E-state index in [-0.39, 0.29) is 0 Å². The van der Waals surface area contributed by atoms with Crippen molar-refractivity contribution < 1.29 is 4.42 Å². The normalized spacial score (nSPS) is 11.2. The van der Waals surface area contributed by atoms with Gasteiger partial charge in [0.15, 0.2) is 0 Å². The summed E-state index contributed by atoms with van der Waals surface area (Å²) in [7, 11) is 6.19. The second kappa shape index (κ2) is 8.11. The lowest BCUT2D eigenvalue weighted by atomic mass is 10.4. The fraction of sp³-hybridized carbons (Fsp3) is 0.769. The molecule has 0 bridgehead atoms. The SMILES string of the molecule is CCCNCc1coc(N(C)CCCN(C)C)n1. The zero-order valence-corrected chi connectivity index (χ0v) is 12.1. The van der Waals surface area contributed by atoms with E-state index in [0.717, 1.165) is 44.7 Å². The molecule has 104 valence electrons. The summed E-state index contributed by atoms with van der Waals surface area (Å²) in [6.45, 7) is 5.99. The Morgan fingerprint density at radius 1 is 1.28 bits per heavy atom. The van der Waals surface area contributed by atoms with Gasteiger partial charge in [0.1, 0.15) is 6.26 Å². The van der Waals surface area contributed by atoms with E-state index in [2.05, 4.69) is 41.1 Å². The molecule has 1 N–H and O–H groups in total. The average Bonchev–Trinajstić information content (AvgIpc) is 2.77. The predicted molar refractivity (Wildman–Crippen MR) is 74.9 cm³/mol. The van der Waals surface area contributed by atoms with E-state index in [9.17, 15) is 0 Å². The molecule has 1 heterocycles. The molecule has 0 aliphatic heterocycles. The van der Waals surface area contributed by atoms with Gasteiger partial charge in [-0.1, -0.05) is 6.92 Å². The van der Waals surface area contributed by atoms with Crippen LogP contribution in [0.25, 0.3) is 0 Å². The zero-order valence-electron chi connectivity index (χ0n) is 12.1. The molecule has 0 aliphatic rings. The summed E-state index contributed by atoms with van der Waals surface area (Å²) in [6.07, 6.45) is 3.98. The van der Waals surface area contributed by atoms with E-state index in [1.165, 1.54) is 0 Å². The first-order valence-electron chi connectivity index (χ1n) is 6.64. The molecule has 1 aromatic rings. The summed E-state index contributed by atoms with van der Waals surface area (Å²) in [5, 5.41) is 3.31. The summed E-state index contributed by atoms with van der Waals surface area (Å²) >= 11 is 0. The van der Waals surface area contributed by atoms with Gasteiger partial charge in [-0.15, -0.1) is 0 Å². The number of hydrogen-bond donors (Lipinski definition) is 1. The smallest absolute Gasteiger partial charge is 0.297 e. The van der Waals surface area contributed by atoms with Crippen LogP contribution in [0.4, 0.5) is 6.01 Å². The van der Waals surface area contributed by atoms with Crippen molar-refractivity contribution in [2.45, 2.75) is 26.3 Å². The molecule has 0 saturated heterocycles. The minimum absolute atomic E-state index is 0.710. The van der Waals surface area contributed by atoms with Crippen LogP contribution in [0.1, 0.15) is 25.5 Å². The first kappa shape index (κ1) is 15.0. The Kier molecular flexibility index (Phi) is 6.75. The first-order chi connectivity index (χ1) is 8.63. The van der Waals surface area contributed by atoms with Crippen molar-refractivity contribution in [3.05, 3.63) is 12.0 Å². The Balaban J connectivity index is 2.32. The average molecular weight is 254 g/mol. The maximum Gasteiger partial charge on any atom is 0.297 e. The van der Waals surface area contributed by atoms with E-state index in [4.69, 9.17) is 4.42 Å². The van der Waals surface area contributed by atoms with Crippen molar-refractivity contribution in [1.29, 1.82) is 0 Å². The number of hydrogen-bond acceptors (Lipinski definition) is 5. The molecule has 0 radical (unpaired) electrons. The van der Waals surface area contributed by atoms with Gasteiger partial charge in [0.2, 0.25) is 0 Å². The summed E-state index contributed by atoms with van der Waals surface area (Å²) in [5.74, 6) is 0. The van der Waals surface area contributed by atoms with E-state index >= 15 is 0 Å². The Labute approximate surface area is 110 Å². The zero-order chi connectivity index (χ0) is 13.4. The van der Waals surface area contributed by atoms with Gasteiger partial charge in [0.05, 0.1) is 5.69 Å². The molecule has 18 heavy (non-hydrogen) atoms. The number of nitrogens with zero attached hydrogens (tertiary/aromatic N) is 3. The van der Waals surface area contributed by atoms with Crippen molar-refractivity contribution in [3.63, 3.8) is 0 Å². The van der Waals surface area contributed by atoms with Gasteiger partial charge in [-0.05, 0) is 40.0 Å². The van der Waals surface area contributed by atoms with E-state index < -0.39 is 0 Å². The number of aromatic nitrogens is 1. The molecule has 0 spiro atoms. The van der Waals surface area contributed by atoms with Gasteiger partial charge < -0.3 is 19.5 Å². The summed E-state index contributed by atoms with van der Waals surface area (Å²) < 4.78 is 5.48. The molecule has 0 amide bonds. The lowest BCUT2D eigenvalue weighted by Crippen LogP contribution is -2.23. The van der Waals surface area contributed by atoms with Gasteiger partial charge in [-0.2, -0.15) is 4.98 Å². The lowest BCUT2D eigenvalue weighted by Gasteiger charge is -2.16. The quantitative estimate of drug-likeness (QED) is 0.678. The third-order valence-electron chi connectivity index (χ3n) is 2.70. The summed E-state index contributed by atoms with van der Waals surface area (Å²) in [6, 6.07) is 0.710. The molecule has 5 heteroatoms. The van der Waals surface area contributed by atoms with Gasteiger partial charge in [0, 0.05) is 20.1 Å². The Morgan fingerprint density at radius 3 is 2.72 bits per heavy atom. The van der Waals surface area contributed by atoms with Crippen LogP contribution >= 0.6 is 0 Å². The minimum Gasteiger partial charge on any atom is -0.432 e. The van der Waals surface area contributed by atoms with E-state index in [0.29, 0.717) is 6.01 Å². The fourth-order valence-electron chi connectivity index (χ4n) is 1.67. The monoisotopic (exact) mass is 254 g/mol. The Bertz CT molecular complexity index is 325. The molecule has 5 nitrogen and oxygen atoms in total. The highest BCUT2D eigenvalue weighted by atomic mass is 16.4. The Morgan fingerprint density at radius 2 is 2.06 bits per heavy atom. The second-order valence-corrected chi connectivity index (χ2v) is 4.88. The van der Waals surface area contributed by atoms with Gasteiger partial charge in [-0.25, -0.2) is 0 Å². The van der Waals surface area contributed by atoms with Crippen LogP contribution in [-0.4, -0.2) is 50.7 Å². The van der Waals surface area contributed by atoms with Crippen LogP contribution in [0.15, 0.2) is 10.7 Å². The largest absolute Gasteiger partial charge is 0.432 e. The molecule has 0 atom stereocenters. The highest BCUT2D eigenvalue weighted by molar-refractivity contribution is 5.24. The Hall–Kier alpha value is -1.07. The predicted octanol–water partition coefficient (Wildman–Crippen LogP) is 1.56. The maximum atomic E-state index is 5.48. The number of nitrogens with one attached hydrogen (secondary N) is 1. The highest BCUT2D eigenvalue weighted by Gasteiger charge is 2.08. The van der Waals surface area contributed by atoms with Crippen LogP contribution in [0, 0.1) is 0 Å². The standard InChI is InChI=1S/C13H26N4O/c1-5-7-14-10-12-11-18-13(15-12)17(4)9-6-8-16(2)3/h11,14H,5-10H2,1-4H3. The highest BCUT2D eigenvalue weighted by Crippen LogP contribution is 2.12. The van der Waals surface area contributed by atoms with Crippen molar-refractivity contribution in [2.24, 2.45) is 0 Å². The minimum atomic E-state index is 0.710. The number of oxazole rings is 1. The first-order valence-corrected chi connectivity index (χ1v) is 6.64. The van der Waals surface area contributed by atoms with Crippen LogP contribution in [-0.2, 0) is 6.54 Å². The third-order valence-corrected chi connectivity index (χ3v) is 2.70. The maximum absolute atomic E-state index is 5.48. The van der Waals surface area contributed by atoms with E-state index in [1.54, 1.807) is 6.26 Å². The second-order valence-electron chi connectivity index (χ2n) is 4.88. The molecule has 1 aromatic heterocycles. The topological polar surface area (TPSA) is 44.5 Å².